The normalized spacial score (nSPS) is 10.7. The molecule has 0 heterocycles. The van der Waals surface area contributed by atoms with Gasteiger partial charge in [0.2, 0.25) is 0 Å². The molecule has 2 aromatic rings. The summed E-state index contributed by atoms with van der Waals surface area (Å²) in [7, 11) is 0. The Morgan fingerprint density at radius 1 is 0.950 bits per heavy atom. The summed E-state index contributed by atoms with van der Waals surface area (Å²) in [6, 6.07) is 5.39. The van der Waals surface area contributed by atoms with Gasteiger partial charge in [0.05, 0.1) is 11.3 Å². The van der Waals surface area contributed by atoms with Crippen molar-refractivity contribution in [1.82, 2.24) is 0 Å². The molecule has 0 spiro atoms. The number of benzene rings is 2. The van der Waals surface area contributed by atoms with Gasteiger partial charge in [0.1, 0.15) is 11.6 Å². The fourth-order valence-electron chi connectivity index (χ4n) is 2.41. The van der Waals surface area contributed by atoms with Crippen LogP contribution in [-0.2, 0) is 0 Å². The molecule has 0 unspecified atom stereocenters. The fourth-order valence-corrected chi connectivity index (χ4v) is 2.41. The Morgan fingerprint density at radius 2 is 1.50 bits per heavy atom. The van der Waals surface area contributed by atoms with Crippen LogP contribution in [0.5, 0.6) is 0 Å². The SMILES string of the molecule is Cc1cc(C)c(C(=O)c2cc(N)c(F)cc2F)c(C)c1. The van der Waals surface area contributed by atoms with E-state index in [1.54, 1.807) is 13.8 Å². The van der Waals surface area contributed by atoms with Crippen molar-refractivity contribution in [3.63, 3.8) is 0 Å². The molecule has 0 radical (unpaired) electrons. The molecule has 0 aliphatic carbocycles. The highest BCUT2D eigenvalue weighted by Crippen LogP contribution is 2.24. The molecule has 0 saturated carbocycles. The van der Waals surface area contributed by atoms with Gasteiger partial charge in [0.25, 0.3) is 0 Å². The second-order valence-electron chi connectivity index (χ2n) is 4.96. The summed E-state index contributed by atoms with van der Waals surface area (Å²) >= 11 is 0. The number of nitrogen functional groups attached to an aromatic ring is 1. The van der Waals surface area contributed by atoms with Crippen molar-refractivity contribution in [2.45, 2.75) is 20.8 Å². The zero-order valence-electron chi connectivity index (χ0n) is 11.6. The van der Waals surface area contributed by atoms with Crippen molar-refractivity contribution in [3.05, 3.63) is 63.7 Å². The van der Waals surface area contributed by atoms with E-state index in [0.29, 0.717) is 11.6 Å². The minimum atomic E-state index is -0.902. The Morgan fingerprint density at radius 3 is 2.05 bits per heavy atom. The number of aryl methyl sites for hydroxylation is 3. The topological polar surface area (TPSA) is 43.1 Å². The number of hydrogen-bond acceptors (Lipinski definition) is 2. The minimum absolute atomic E-state index is 0.209. The van der Waals surface area contributed by atoms with Gasteiger partial charge in [-0.2, -0.15) is 0 Å². The van der Waals surface area contributed by atoms with E-state index in [1.807, 2.05) is 19.1 Å². The van der Waals surface area contributed by atoms with E-state index >= 15 is 0 Å². The predicted molar refractivity (Wildman–Crippen MR) is 74.9 cm³/mol. The first kappa shape index (κ1) is 14.2. The maximum Gasteiger partial charge on any atom is 0.196 e. The van der Waals surface area contributed by atoms with Crippen LogP contribution in [0.3, 0.4) is 0 Å². The van der Waals surface area contributed by atoms with Gasteiger partial charge in [0.15, 0.2) is 5.78 Å². The van der Waals surface area contributed by atoms with E-state index in [9.17, 15) is 13.6 Å². The standard InChI is InChI=1S/C16H15F2NO/c1-8-4-9(2)15(10(3)5-8)16(20)11-6-14(19)13(18)7-12(11)17/h4-7H,19H2,1-3H3. The molecule has 0 aliphatic rings. The van der Waals surface area contributed by atoms with E-state index in [1.165, 1.54) is 0 Å². The number of hydrogen-bond donors (Lipinski definition) is 1. The molecule has 2 nitrogen and oxygen atoms in total. The summed E-state index contributed by atoms with van der Waals surface area (Å²) in [5.41, 5.74) is 7.94. The van der Waals surface area contributed by atoms with Gasteiger partial charge in [-0.3, -0.25) is 4.79 Å². The number of rotatable bonds is 2. The summed E-state index contributed by atoms with van der Waals surface area (Å²) in [5.74, 6) is -2.25. The number of ketones is 1. The molecule has 0 fully saturated rings. The third-order valence-corrected chi connectivity index (χ3v) is 3.24. The molecule has 0 amide bonds. The van der Waals surface area contributed by atoms with Crippen LogP contribution in [0.25, 0.3) is 0 Å². The Hall–Kier alpha value is -2.23. The van der Waals surface area contributed by atoms with Crippen LogP contribution in [0, 0.1) is 32.4 Å². The molecule has 20 heavy (non-hydrogen) atoms. The Balaban J connectivity index is 2.61. The van der Waals surface area contributed by atoms with Crippen molar-refractivity contribution in [1.29, 1.82) is 0 Å². The zero-order valence-corrected chi connectivity index (χ0v) is 11.6. The van der Waals surface area contributed by atoms with Crippen LogP contribution in [0.2, 0.25) is 0 Å². The van der Waals surface area contributed by atoms with Gasteiger partial charge in [-0.1, -0.05) is 17.7 Å². The van der Waals surface area contributed by atoms with Crippen molar-refractivity contribution >= 4 is 11.5 Å². The fraction of sp³-hybridized carbons (Fsp3) is 0.188. The quantitative estimate of drug-likeness (QED) is 0.670. The van der Waals surface area contributed by atoms with Crippen molar-refractivity contribution in [2.24, 2.45) is 0 Å². The van der Waals surface area contributed by atoms with E-state index in [4.69, 9.17) is 5.73 Å². The van der Waals surface area contributed by atoms with Crippen molar-refractivity contribution in [3.8, 4) is 0 Å². The molecular formula is C16H15F2NO. The average Bonchev–Trinajstić information content (AvgIpc) is 2.32. The lowest BCUT2D eigenvalue weighted by atomic mass is 9.93. The Kier molecular flexibility index (Phi) is 3.57. The first-order valence-electron chi connectivity index (χ1n) is 6.18. The van der Waals surface area contributed by atoms with Crippen molar-refractivity contribution < 1.29 is 13.6 Å². The van der Waals surface area contributed by atoms with Crippen LogP contribution in [0.4, 0.5) is 14.5 Å². The lowest BCUT2D eigenvalue weighted by molar-refractivity contribution is 0.103. The lowest BCUT2D eigenvalue weighted by Gasteiger charge is -2.11. The molecule has 0 aromatic heterocycles. The van der Waals surface area contributed by atoms with Crippen LogP contribution in [0.15, 0.2) is 24.3 Å². The molecule has 2 rings (SSSR count). The zero-order chi connectivity index (χ0) is 15.0. The first-order chi connectivity index (χ1) is 9.31. The molecule has 0 bridgehead atoms. The molecule has 0 atom stereocenters. The van der Waals surface area contributed by atoms with Gasteiger partial charge in [-0.15, -0.1) is 0 Å². The molecule has 2 N–H and O–H groups in total. The summed E-state index contributed by atoms with van der Waals surface area (Å²) in [6.45, 7) is 5.50. The van der Waals surface area contributed by atoms with Crippen LogP contribution < -0.4 is 5.73 Å². The van der Waals surface area contributed by atoms with E-state index < -0.39 is 17.4 Å². The number of carbonyl (C=O) groups excluding carboxylic acids is 1. The molecule has 0 saturated heterocycles. The van der Waals surface area contributed by atoms with Gasteiger partial charge < -0.3 is 5.73 Å². The smallest absolute Gasteiger partial charge is 0.196 e. The molecule has 104 valence electrons. The highest BCUT2D eigenvalue weighted by atomic mass is 19.1. The second-order valence-corrected chi connectivity index (χ2v) is 4.96. The number of nitrogens with two attached hydrogens (primary N) is 1. The number of carbonyl (C=O) groups is 1. The van der Waals surface area contributed by atoms with E-state index in [-0.39, 0.29) is 11.3 Å². The van der Waals surface area contributed by atoms with Crippen LogP contribution >= 0.6 is 0 Å². The second kappa shape index (κ2) is 5.04. The maximum atomic E-state index is 13.8. The number of anilines is 1. The van der Waals surface area contributed by atoms with Crippen LogP contribution in [0.1, 0.15) is 32.6 Å². The highest BCUT2D eigenvalue weighted by molar-refractivity contribution is 6.11. The summed E-state index contributed by atoms with van der Waals surface area (Å²) < 4.78 is 27.0. The minimum Gasteiger partial charge on any atom is -0.396 e. The molecule has 0 aliphatic heterocycles. The highest BCUT2D eigenvalue weighted by Gasteiger charge is 2.20. The predicted octanol–water partition coefficient (Wildman–Crippen LogP) is 3.70. The summed E-state index contributed by atoms with van der Waals surface area (Å²) in [4.78, 5) is 12.5. The largest absolute Gasteiger partial charge is 0.396 e. The summed E-state index contributed by atoms with van der Waals surface area (Å²) in [5, 5.41) is 0. The first-order valence-corrected chi connectivity index (χ1v) is 6.18. The Bertz CT molecular complexity index is 685. The Labute approximate surface area is 116 Å². The lowest BCUT2D eigenvalue weighted by Crippen LogP contribution is -2.10. The third-order valence-electron chi connectivity index (χ3n) is 3.24. The van der Waals surface area contributed by atoms with E-state index in [0.717, 1.165) is 22.8 Å². The monoisotopic (exact) mass is 275 g/mol. The molecule has 4 heteroatoms. The third kappa shape index (κ3) is 2.41. The van der Waals surface area contributed by atoms with Gasteiger partial charge in [0, 0.05) is 11.6 Å². The summed E-state index contributed by atoms with van der Waals surface area (Å²) in [6.07, 6.45) is 0. The molecular weight excluding hydrogens is 260 g/mol. The number of halogens is 2. The maximum absolute atomic E-state index is 13.8. The van der Waals surface area contributed by atoms with Crippen molar-refractivity contribution in [2.75, 3.05) is 5.73 Å². The van der Waals surface area contributed by atoms with Crippen LogP contribution in [-0.4, -0.2) is 5.78 Å². The molecule has 2 aromatic carbocycles. The van der Waals surface area contributed by atoms with E-state index in [2.05, 4.69) is 0 Å². The van der Waals surface area contributed by atoms with Gasteiger partial charge in [-0.05, 0) is 38.0 Å². The average molecular weight is 275 g/mol. The van der Waals surface area contributed by atoms with Gasteiger partial charge >= 0.3 is 0 Å². The van der Waals surface area contributed by atoms with Gasteiger partial charge in [-0.25, -0.2) is 8.78 Å².